The summed E-state index contributed by atoms with van der Waals surface area (Å²) < 4.78 is 34.8. The summed E-state index contributed by atoms with van der Waals surface area (Å²) in [4.78, 5) is 6.36. The number of hydroxylamine groups is 3. The lowest BCUT2D eigenvalue weighted by atomic mass is 10.1. The van der Waals surface area contributed by atoms with Crippen molar-refractivity contribution in [3.05, 3.63) is 41.3 Å². The second-order valence-electron chi connectivity index (χ2n) is 6.72. The van der Waals surface area contributed by atoms with Crippen molar-refractivity contribution in [3.8, 4) is 5.88 Å². The number of hydrogen-bond donors (Lipinski definition) is 4. The number of pyridine rings is 1. The highest BCUT2D eigenvalue weighted by atomic mass is 32.2. The van der Waals surface area contributed by atoms with E-state index in [-0.39, 0.29) is 17.1 Å². The highest BCUT2D eigenvalue weighted by Crippen LogP contribution is 2.22. The lowest BCUT2D eigenvalue weighted by molar-refractivity contribution is -0.898. The number of rotatable bonds is 9. The molecule has 0 aliphatic carbocycles. The Balaban J connectivity index is 1.86. The fourth-order valence-electron chi connectivity index (χ4n) is 2.94. The topological polar surface area (TPSA) is 154 Å². The molecule has 2 heterocycles. The highest BCUT2D eigenvalue weighted by Gasteiger charge is 2.21. The molecule has 4 N–H and O–H groups in total. The van der Waals surface area contributed by atoms with E-state index in [9.17, 15) is 23.8 Å². The average Bonchev–Trinajstić information content (AvgIpc) is 2.58. The van der Waals surface area contributed by atoms with E-state index in [0.717, 1.165) is 24.8 Å². The second kappa shape index (κ2) is 9.94. The van der Waals surface area contributed by atoms with Crippen LogP contribution in [0.25, 0.3) is 0 Å². The van der Waals surface area contributed by atoms with Crippen LogP contribution in [0.15, 0.2) is 30.5 Å². The first-order valence-corrected chi connectivity index (χ1v) is 10.5. The van der Waals surface area contributed by atoms with Gasteiger partial charge in [-0.2, -0.15) is 8.42 Å². The molecule has 156 valence electrons. The molecule has 1 aromatic rings. The molecule has 2 rings (SSSR count). The number of ether oxygens (including phenoxy) is 1. The summed E-state index contributed by atoms with van der Waals surface area (Å²) >= 11 is 0. The standard InChI is InChI=1S/C17H25N3O7S/c21-15(13-28(24,25)26)18-7-4-5-17(22)27-16-11-14(6-8-19-16)12-20(23)9-2-1-3-10-20/h4-6,8,11,17,22H,1-3,7,9-10,12-13H2,(H,18,21)(H,24,25,26)/p+1/b5-4+. The summed E-state index contributed by atoms with van der Waals surface area (Å²) in [6, 6.07) is 3.37. The van der Waals surface area contributed by atoms with Crippen molar-refractivity contribution in [2.45, 2.75) is 32.1 Å². The molecule has 1 aromatic heterocycles. The van der Waals surface area contributed by atoms with Gasteiger partial charge in [0.25, 0.3) is 10.1 Å². The van der Waals surface area contributed by atoms with Crippen LogP contribution in [0.3, 0.4) is 0 Å². The van der Waals surface area contributed by atoms with E-state index in [0.29, 0.717) is 19.6 Å². The van der Waals surface area contributed by atoms with Gasteiger partial charge in [0.15, 0.2) is 12.3 Å². The van der Waals surface area contributed by atoms with Crippen molar-refractivity contribution >= 4 is 16.0 Å². The number of aromatic nitrogens is 1. The van der Waals surface area contributed by atoms with Crippen molar-refractivity contribution in [1.29, 1.82) is 0 Å². The molecule has 10 nitrogen and oxygen atoms in total. The van der Waals surface area contributed by atoms with Crippen molar-refractivity contribution in [3.63, 3.8) is 0 Å². The molecule has 1 aliphatic rings. The Morgan fingerprint density at radius 1 is 1.39 bits per heavy atom. The Labute approximate surface area is 163 Å². The minimum atomic E-state index is -4.32. The zero-order chi connectivity index (χ0) is 20.6. The quantitative estimate of drug-likeness (QED) is 0.0780. The molecular weight excluding hydrogens is 390 g/mol. The van der Waals surface area contributed by atoms with Gasteiger partial charge in [-0.05, 0) is 37.5 Å². The molecule has 1 aliphatic heterocycles. The van der Waals surface area contributed by atoms with E-state index in [1.807, 2.05) is 0 Å². The van der Waals surface area contributed by atoms with Gasteiger partial charge in [-0.1, -0.05) is 0 Å². The molecule has 11 heteroatoms. The smallest absolute Gasteiger partial charge is 0.350 e. The zero-order valence-electron chi connectivity index (χ0n) is 15.4. The predicted octanol–water partition coefficient (Wildman–Crippen LogP) is -0.742. The molecule has 0 bridgehead atoms. The van der Waals surface area contributed by atoms with Crippen LogP contribution < -0.4 is 9.73 Å². The predicted molar refractivity (Wildman–Crippen MR) is 101 cm³/mol. The lowest BCUT2D eigenvalue weighted by Gasteiger charge is -2.45. The summed E-state index contributed by atoms with van der Waals surface area (Å²) in [6.07, 6.45) is 5.81. The summed E-state index contributed by atoms with van der Waals surface area (Å²) in [5.41, 5.74) is 0.782. The van der Waals surface area contributed by atoms with E-state index in [1.165, 1.54) is 18.3 Å². The Kier molecular flexibility index (Phi) is 7.89. The SMILES string of the molecule is O=S(=O)(O)CC(O)=[NH+]C/C=C/C(O)Oc1cc(C[N+]2([O-])CCCCC2)ccn1. The van der Waals surface area contributed by atoms with Gasteiger partial charge in [0, 0.05) is 17.8 Å². The van der Waals surface area contributed by atoms with Gasteiger partial charge < -0.3 is 24.8 Å². The van der Waals surface area contributed by atoms with E-state index in [1.54, 1.807) is 12.1 Å². The van der Waals surface area contributed by atoms with Gasteiger partial charge in [-0.3, -0.25) is 4.55 Å². The number of nitrogens with zero attached hydrogens (tertiary/aromatic N) is 2. The van der Waals surface area contributed by atoms with Gasteiger partial charge in [-0.15, -0.1) is 0 Å². The summed E-state index contributed by atoms with van der Waals surface area (Å²) in [7, 11) is -4.32. The largest absolute Gasteiger partial charge is 0.633 e. The number of quaternary nitrogens is 1. The van der Waals surface area contributed by atoms with E-state index in [2.05, 4.69) is 9.98 Å². The molecule has 1 fully saturated rings. The summed E-state index contributed by atoms with van der Waals surface area (Å²) in [5, 5.41) is 31.8. The van der Waals surface area contributed by atoms with Crippen molar-refractivity contribution < 1.29 is 37.6 Å². The Hall–Kier alpha value is -2.05. The fraction of sp³-hybridized carbons (Fsp3) is 0.529. The van der Waals surface area contributed by atoms with Crippen LogP contribution in [0.1, 0.15) is 24.8 Å². The molecule has 0 spiro atoms. The monoisotopic (exact) mass is 416 g/mol. The second-order valence-corrected chi connectivity index (χ2v) is 8.17. The highest BCUT2D eigenvalue weighted by molar-refractivity contribution is 7.86. The third-order valence-corrected chi connectivity index (χ3v) is 4.82. The first kappa shape index (κ1) is 22.2. The zero-order valence-corrected chi connectivity index (χ0v) is 16.2. The van der Waals surface area contributed by atoms with E-state index < -0.39 is 28.1 Å². The van der Waals surface area contributed by atoms with Crippen LogP contribution in [0.2, 0.25) is 0 Å². The van der Waals surface area contributed by atoms with E-state index >= 15 is 0 Å². The number of likely N-dealkylation sites (tertiary alicyclic amines) is 1. The number of piperidine rings is 1. The third-order valence-electron chi connectivity index (χ3n) is 4.19. The van der Waals surface area contributed by atoms with Gasteiger partial charge in [0.2, 0.25) is 12.2 Å². The van der Waals surface area contributed by atoms with Crippen LogP contribution >= 0.6 is 0 Å². The molecular formula is C17H26N3O7S+. The molecule has 0 radical (unpaired) electrons. The van der Waals surface area contributed by atoms with E-state index in [4.69, 9.17) is 9.29 Å². The third kappa shape index (κ3) is 8.31. The average molecular weight is 416 g/mol. The van der Waals surface area contributed by atoms with Crippen molar-refractivity contribution in [1.82, 2.24) is 4.98 Å². The molecule has 0 amide bonds. The minimum absolute atomic E-state index is 0.00538. The van der Waals surface area contributed by atoms with Crippen molar-refractivity contribution in [2.24, 2.45) is 0 Å². The summed E-state index contributed by atoms with van der Waals surface area (Å²) in [5.74, 6) is -1.37. The molecule has 1 saturated heterocycles. The lowest BCUT2D eigenvalue weighted by Crippen LogP contribution is -2.73. The normalized spacial score (nSPS) is 18.9. The molecule has 28 heavy (non-hydrogen) atoms. The Morgan fingerprint density at radius 3 is 2.79 bits per heavy atom. The first-order valence-electron chi connectivity index (χ1n) is 8.92. The van der Waals surface area contributed by atoms with Crippen LogP contribution in [0.5, 0.6) is 5.88 Å². The fourth-order valence-corrected chi connectivity index (χ4v) is 3.39. The van der Waals surface area contributed by atoms with Crippen molar-refractivity contribution in [2.75, 3.05) is 25.4 Å². The summed E-state index contributed by atoms with van der Waals surface area (Å²) in [6.45, 7) is 1.53. The first-order chi connectivity index (χ1) is 13.2. The van der Waals surface area contributed by atoms with Crippen LogP contribution in [-0.2, 0) is 16.7 Å². The molecule has 1 unspecified atom stereocenters. The van der Waals surface area contributed by atoms with Crippen LogP contribution in [-0.4, -0.2) is 70.4 Å². The molecule has 0 aromatic carbocycles. The molecule has 1 atom stereocenters. The number of aliphatic hydroxyl groups is 2. The number of nitrogens with one attached hydrogen (secondary N) is 1. The molecule has 0 saturated carbocycles. The Bertz CT molecular complexity index is 805. The maximum atomic E-state index is 12.7. The van der Waals surface area contributed by atoms with Gasteiger partial charge in [-0.25, -0.2) is 9.98 Å². The minimum Gasteiger partial charge on any atom is -0.633 e. The maximum absolute atomic E-state index is 12.7. The number of hydrogen-bond acceptors (Lipinski definition) is 6. The number of aliphatic hydroxyl groups excluding tert-OH is 2. The Morgan fingerprint density at radius 2 is 2.11 bits per heavy atom. The van der Waals surface area contributed by atoms with Crippen LogP contribution in [0, 0.1) is 5.21 Å². The van der Waals surface area contributed by atoms with Gasteiger partial charge >= 0.3 is 5.90 Å². The van der Waals surface area contributed by atoms with Gasteiger partial charge in [0.05, 0.1) is 13.1 Å². The van der Waals surface area contributed by atoms with Crippen LogP contribution in [0.4, 0.5) is 0 Å². The maximum Gasteiger partial charge on any atom is 0.350 e. The van der Waals surface area contributed by atoms with Gasteiger partial charge in [0.1, 0.15) is 6.54 Å².